The molecule has 3 rings (SSSR count). The molecule has 0 aliphatic carbocycles. The molecule has 23 heavy (non-hydrogen) atoms. The van der Waals surface area contributed by atoms with Gasteiger partial charge in [0.05, 0.1) is 12.0 Å². The fraction of sp³-hybridized carbons (Fsp3) is 0.125. The molecule has 2 aromatic carbocycles. The van der Waals surface area contributed by atoms with E-state index in [0.717, 1.165) is 12.1 Å². The second-order valence-corrected chi connectivity index (χ2v) is 4.96. The summed E-state index contributed by atoms with van der Waals surface area (Å²) in [6, 6.07) is 9.62. The van der Waals surface area contributed by atoms with Gasteiger partial charge in [0.1, 0.15) is 5.52 Å². The predicted molar refractivity (Wildman–Crippen MR) is 77.8 cm³/mol. The molecule has 3 aromatic rings. The van der Waals surface area contributed by atoms with E-state index in [1.807, 2.05) is 0 Å². The van der Waals surface area contributed by atoms with Gasteiger partial charge in [0.15, 0.2) is 12.0 Å². The molecular weight excluding hydrogens is 309 g/mol. The van der Waals surface area contributed by atoms with Crippen molar-refractivity contribution in [2.75, 3.05) is 5.32 Å². The molecule has 118 valence electrons. The number of carbonyl (C=O) groups excluding carboxylic acids is 1. The lowest BCUT2D eigenvalue weighted by atomic mass is 10.1. The van der Waals surface area contributed by atoms with Gasteiger partial charge in [-0.15, -0.1) is 0 Å². The van der Waals surface area contributed by atoms with Gasteiger partial charge in [0.25, 0.3) is 0 Å². The first kappa shape index (κ1) is 15.1. The van der Waals surface area contributed by atoms with Crippen LogP contribution in [0.1, 0.15) is 11.1 Å². The van der Waals surface area contributed by atoms with Crippen molar-refractivity contribution >= 4 is 22.7 Å². The highest BCUT2D eigenvalue weighted by Gasteiger charge is 2.30. The summed E-state index contributed by atoms with van der Waals surface area (Å²) in [7, 11) is 0. The molecule has 0 atom stereocenters. The van der Waals surface area contributed by atoms with Crippen molar-refractivity contribution in [1.29, 1.82) is 0 Å². The average Bonchev–Trinajstić information content (AvgIpc) is 2.94. The van der Waals surface area contributed by atoms with E-state index in [2.05, 4.69) is 10.3 Å². The topological polar surface area (TPSA) is 55.1 Å². The molecule has 0 radical (unpaired) electrons. The highest BCUT2D eigenvalue weighted by atomic mass is 19.4. The lowest BCUT2D eigenvalue weighted by Crippen LogP contribution is -2.15. The SMILES string of the molecule is O=C(Cc1ccc2ncoc2c1)Nc1cccc(C(F)(F)F)c1. The number of amides is 1. The van der Waals surface area contributed by atoms with Crippen molar-refractivity contribution in [3.63, 3.8) is 0 Å². The second-order valence-electron chi connectivity index (χ2n) is 4.96. The number of halogens is 3. The zero-order chi connectivity index (χ0) is 16.4. The molecule has 7 heteroatoms. The van der Waals surface area contributed by atoms with Crippen molar-refractivity contribution in [3.8, 4) is 0 Å². The Balaban J connectivity index is 1.71. The summed E-state index contributed by atoms with van der Waals surface area (Å²) in [6.45, 7) is 0. The van der Waals surface area contributed by atoms with Crippen LogP contribution in [0.4, 0.5) is 18.9 Å². The second kappa shape index (κ2) is 5.75. The van der Waals surface area contributed by atoms with E-state index in [-0.39, 0.29) is 12.1 Å². The molecule has 0 saturated carbocycles. The number of anilines is 1. The Bertz CT molecular complexity index is 856. The van der Waals surface area contributed by atoms with Gasteiger partial charge in [-0.25, -0.2) is 4.98 Å². The van der Waals surface area contributed by atoms with E-state index >= 15 is 0 Å². The summed E-state index contributed by atoms with van der Waals surface area (Å²) in [6.07, 6.45) is -3.12. The third kappa shape index (κ3) is 3.50. The van der Waals surface area contributed by atoms with Crippen LogP contribution in [0.15, 0.2) is 53.3 Å². The predicted octanol–water partition coefficient (Wildman–Crippen LogP) is 4.03. The van der Waals surface area contributed by atoms with Crippen LogP contribution < -0.4 is 5.32 Å². The van der Waals surface area contributed by atoms with Crippen LogP contribution in [0.25, 0.3) is 11.1 Å². The number of oxazole rings is 1. The molecule has 0 bridgehead atoms. The van der Waals surface area contributed by atoms with Crippen LogP contribution in [0.5, 0.6) is 0 Å². The minimum Gasteiger partial charge on any atom is -0.443 e. The Morgan fingerprint density at radius 2 is 2.00 bits per heavy atom. The van der Waals surface area contributed by atoms with Crippen molar-refractivity contribution in [1.82, 2.24) is 4.98 Å². The summed E-state index contributed by atoms with van der Waals surface area (Å²) in [5, 5.41) is 2.46. The van der Waals surface area contributed by atoms with Crippen LogP contribution in [0.2, 0.25) is 0 Å². The number of hydrogen-bond acceptors (Lipinski definition) is 3. The van der Waals surface area contributed by atoms with Crippen molar-refractivity contribution in [3.05, 3.63) is 60.0 Å². The van der Waals surface area contributed by atoms with E-state index < -0.39 is 17.6 Å². The van der Waals surface area contributed by atoms with Gasteiger partial charge >= 0.3 is 6.18 Å². The quantitative estimate of drug-likeness (QED) is 0.793. The number of nitrogens with zero attached hydrogens (tertiary/aromatic N) is 1. The number of alkyl halides is 3. The fourth-order valence-corrected chi connectivity index (χ4v) is 2.17. The van der Waals surface area contributed by atoms with Gasteiger partial charge in [-0.3, -0.25) is 4.79 Å². The summed E-state index contributed by atoms with van der Waals surface area (Å²) >= 11 is 0. The molecule has 1 N–H and O–H groups in total. The third-order valence-electron chi connectivity index (χ3n) is 3.23. The van der Waals surface area contributed by atoms with Crippen molar-refractivity contribution in [2.24, 2.45) is 0 Å². The molecule has 0 aliphatic heterocycles. The first-order chi connectivity index (χ1) is 10.9. The van der Waals surface area contributed by atoms with Gasteiger partial charge < -0.3 is 9.73 Å². The standard InChI is InChI=1S/C16H11F3N2O2/c17-16(18,19)11-2-1-3-12(8-11)21-15(22)7-10-4-5-13-14(6-10)23-9-20-13/h1-6,8-9H,7H2,(H,21,22). The molecule has 4 nitrogen and oxygen atoms in total. The Morgan fingerprint density at radius 3 is 2.78 bits per heavy atom. The largest absolute Gasteiger partial charge is 0.443 e. The number of nitrogens with one attached hydrogen (secondary N) is 1. The van der Waals surface area contributed by atoms with E-state index in [0.29, 0.717) is 16.7 Å². The smallest absolute Gasteiger partial charge is 0.416 e. The molecule has 0 aliphatic rings. The number of rotatable bonds is 3. The fourth-order valence-electron chi connectivity index (χ4n) is 2.17. The summed E-state index contributed by atoms with van der Waals surface area (Å²) in [5.74, 6) is -0.414. The van der Waals surface area contributed by atoms with Gasteiger partial charge in [-0.05, 0) is 35.9 Å². The van der Waals surface area contributed by atoms with Crippen LogP contribution in [-0.2, 0) is 17.4 Å². The zero-order valence-corrected chi connectivity index (χ0v) is 11.7. The van der Waals surface area contributed by atoms with Crippen LogP contribution in [0.3, 0.4) is 0 Å². The maximum absolute atomic E-state index is 12.6. The maximum Gasteiger partial charge on any atom is 0.416 e. The number of benzene rings is 2. The monoisotopic (exact) mass is 320 g/mol. The Hall–Kier alpha value is -2.83. The Kier molecular flexibility index (Phi) is 3.77. The van der Waals surface area contributed by atoms with Gasteiger partial charge in [-0.1, -0.05) is 12.1 Å². The highest BCUT2D eigenvalue weighted by Crippen LogP contribution is 2.30. The van der Waals surface area contributed by atoms with Crippen LogP contribution in [0, 0.1) is 0 Å². The summed E-state index contributed by atoms with van der Waals surface area (Å²) < 4.78 is 43.1. The molecule has 1 heterocycles. The molecule has 0 spiro atoms. The van der Waals surface area contributed by atoms with Crippen LogP contribution in [-0.4, -0.2) is 10.9 Å². The van der Waals surface area contributed by atoms with Crippen molar-refractivity contribution in [2.45, 2.75) is 12.6 Å². The minimum atomic E-state index is -4.45. The first-order valence-corrected chi connectivity index (χ1v) is 6.71. The van der Waals surface area contributed by atoms with Crippen molar-refractivity contribution < 1.29 is 22.4 Å². The molecular formula is C16H11F3N2O2. The van der Waals surface area contributed by atoms with E-state index in [4.69, 9.17) is 4.42 Å². The minimum absolute atomic E-state index is 0.0207. The number of fused-ring (bicyclic) bond motifs is 1. The highest BCUT2D eigenvalue weighted by molar-refractivity contribution is 5.92. The number of carbonyl (C=O) groups is 1. The lowest BCUT2D eigenvalue weighted by molar-refractivity contribution is -0.137. The third-order valence-corrected chi connectivity index (χ3v) is 3.23. The van der Waals surface area contributed by atoms with E-state index in [1.54, 1.807) is 18.2 Å². The summed E-state index contributed by atoms with van der Waals surface area (Å²) in [4.78, 5) is 15.9. The van der Waals surface area contributed by atoms with Gasteiger partial charge in [-0.2, -0.15) is 13.2 Å². The molecule has 0 saturated heterocycles. The number of aromatic nitrogens is 1. The van der Waals surface area contributed by atoms with Gasteiger partial charge in [0.2, 0.25) is 5.91 Å². The maximum atomic E-state index is 12.6. The normalized spacial score (nSPS) is 11.6. The molecule has 1 aromatic heterocycles. The number of hydrogen-bond donors (Lipinski definition) is 1. The zero-order valence-electron chi connectivity index (χ0n) is 11.7. The Morgan fingerprint density at radius 1 is 1.17 bits per heavy atom. The van der Waals surface area contributed by atoms with Gasteiger partial charge in [0, 0.05) is 5.69 Å². The lowest BCUT2D eigenvalue weighted by Gasteiger charge is -2.10. The molecule has 0 unspecified atom stereocenters. The molecule has 0 fully saturated rings. The van der Waals surface area contributed by atoms with Crippen LogP contribution >= 0.6 is 0 Å². The first-order valence-electron chi connectivity index (χ1n) is 6.71. The van der Waals surface area contributed by atoms with E-state index in [1.165, 1.54) is 18.5 Å². The Labute approximate surface area is 128 Å². The molecule has 1 amide bonds. The average molecular weight is 320 g/mol. The van der Waals surface area contributed by atoms with E-state index in [9.17, 15) is 18.0 Å². The summed E-state index contributed by atoms with van der Waals surface area (Å²) in [5.41, 5.74) is 1.20.